The van der Waals surface area contributed by atoms with Gasteiger partial charge >= 0.3 is 0 Å². The number of fused-ring (bicyclic) bond motifs is 1. The first-order chi connectivity index (χ1) is 19.9. The van der Waals surface area contributed by atoms with E-state index in [0.29, 0.717) is 29.5 Å². The molecule has 4 aromatic rings. The highest BCUT2D eigenvalue weighted by Crippen LogP contribution is 2.36. The Morgan fingerprint density at radius 1 is 0.707 bits per heavy atom. The van der Waals surface area contributed by atoms with Gasteiger partial charge in [-0.15, -0.1) is 0 Å². The van der Waals surface area contributed by atoms with E-state index in [1.54, 1.807) is 24.3 Å². The summed E-state index contributed by atoms with van der Waals surface area (Å²) in [5, 5.41) is 0. The van der Waals surface area contributed by atoms with E-state index in [0.717, 1.165) is 22.3 Å². The molecule has 0 spiro atoms. The van der Waals surface area contributed by atoms with Crippen LogP contribution >= 0.6 is 0 Å². The Kier molecular flexibility index (Phi) is 7.32. The summed E-state index contributed by atoms with van der Waals surface area (Å²) >= 11 is 0. The average molecular weight is 549 g/mol. The standard InChI is InChI=1S/C37H28F4/c1-23(38)20-32-29-13-7-27(8-14-29)28-11-17-31(18-12-28)34-22-36(40)33(21-37(34)41)30-15-9-26(10-16-30)25-5-2-24(3-6-25)4-19-35(32)39/h2-3,5-7,9-18,20-22,27H,4,8,19H2,1H3/b23-20+,35-32-. The van der Waals surface area contributed by atoms with E-state index >= 15 is 13.2 Å². The fraction of sp³-hybridized carbons (Fsp3) is 0.135. The number of aryl methyl sites for hydroxylation is 1. The molecule has 0 N–H and O–H groups in total. The second kappa shape index (κ2) is 11.2. The summed E-state index contributed by atoms with van der Waals surface area (Å²) in [6, 6.07) is 25.1. The van der Waals surface area contributed by atoms with Gasteiger partial charge in [-0.2, -0.15) is 0 Å². The van der Waals surface area contributed by atoms with Crippen LogP contribution in [0.4, 0.5) is 17.6 Å². The zero-order valence-corrected chi connectivity index (χ0v) is 22.6. The van der Waals surface area contributed by atoms with Crippen molar-refractivity contribution in [2.45, 2.75) is 32.1 Å². The molecule has 204 valence electrons. The number of hydrogen-bond donors (Lipinski definition) is 0. The maximum absolute atomic E-state index is 15.5. The summed E-state index contributed by atoms with van der Waals surface area (Å²) in [4.78, 5) is 0. The SMILES string of the molecule is C/C(F)=C\C1=C(\F)CCc2ccc(cc2)-c2ccc(cc2)-c2cc(F)c(cc2F)-c2ccc(cc2)C2C=CC1=CC2. The molecule has 9 aliphatic carbocycles. The number of benzene rings is 4. The molecule has 10 bridgehead atoms. The van der Waals surface area contributed by atoms with Crippen molar-refractivity contribution >= 4 is 0 Å². The molecule has 4 aromatic carbocycles. The zero-order valence-electron chi connectivity index (χ0n) is 22.6. The highest BCUT2D eigenvalue weighted by molar-refractivity contribution is 5.74. The van der Waals surface area contributed by atoms with Gasteiger partial charge in [0.2, 0.25) is 0 Å². The minimum atomic E-state index is -0.494. The molecule has 13 rings (SSSR count). The highest BCUT2D eigenvalue weighted by Gasteiger charge is 2.18. The summed E-state index contributed by atoms with van der Waals surface area (Å²) in [6.07, 6.45) is 8.25. The smallest absolute Gasteiger partial charge is 0.131 e. The van der Waals surface area contributed by atoms with Gasteiger partial charge in [0.15, 0.2) is 0 Å². The van der Waals surface area contributed by atoms with Gasteiger partial charge < -0.3 is 0 Å². The van der Waals surface area contributed by atoms with Crippen LogP contribution in [0.3, 0.4) is 0 Å². The van der Waals surface area contributed by atoms with E-state index < -0.39 is 17.5 Å². The summed E-state index contributed by atoms with van der Waals surface area (Å²) in [5.74, 6) is -1.76. The van der Waals surface area contributed by atoms with E-state index in [-0.39, 0.29) is 34.9 Å². The first-order valence-electron chi connectivity index (χ1n) is 13.8. The first kappa shape index (κ1) is 26.8. The molecule has 0 nitrogen and oxygen atoms in total. The monoisotopic (exact) mass is 548 g/mol. The fourth-order valence-electron chi connectivity index (χ4n) is 5.58. The van der Waals surface area contributed by atoms with E-state index in [4.69, 9.17) is 0 Å². The van der Waals surface area contributed by atoms with Crippen LogP contribution in [0.2, 0.25) is 0 Å². The second-order valence-electron chi connectivity index (χ2n) is 10.6. The third kappa shape index (κ3) is 5.60. The van der Waals surface area contributed by atoms with Gasteiger partial charge in [0.05, 0.1) is 5.83 Å². The maximum atomic E-state index is 15.5. The van der Waals surface area contributed by atoms with Crippen LogP contribution in [0.1, 0.15) is 36.8 Å². The second-order valence-corrected chi connectivity index (χ2v) is 10.6. The largest absolute Gasteiger partial charge is 0.212 e. The molecule has 0 heterocycles. The molecule has 0 radical (unpaired) electrons. The van der Waals surface area contributed by atoms with E-state index in [1.807, 2.05) is 66.8 Å². The fourth-order valence-corrected chi connectivity index (χ4v) is 5.58. The van der Waals surface area contributed by atoms with Crippen molar-refractivity contribution in [2.75, 3.05) is 0 Å². The molecule has 0 saturated heterocycles. The van der Waals surface area contributed by atoms with Crippen LogP contribution in [-0.2, 0) is 6.42 Å². The van der Waals surface area contributed by atoms with Gasteiger partial charge in [0.1, 0.15) is 17.5 Å². The van der Waals surface area contributed by atoms with Gasteiger partial charge in [-0.1, -0.05) is 91.0 Å². The van der Waals surface area contributed by atoms with Gasteiger partial charge in [-0.05, 0) is 76.9 Å². The zero-order chi connectivity index (χ0) is 28.5. The van der Waals surface area contributed by atoms with Crippen LogP contribution in [-0.4, -0.2) is 0 Å². The van der Waals surface area contributed by atoms with Gasteiger partial charge in [0.25, 0.3) is 0 Å². The molecule has 0 aliphatic heterocycles. The minimum absolute atomic E-state index is 0.0311. The van der Waals surface area contributed by atoms with E-state index in [2.05, 4.69) is 0 Å². The van der Waals surface area contributed by atoms with Crippen LogP contribution < -0.4 is 0 Å². The Morgan fingerprint density at radius 3 is 1.78 bits per heavy atom. The summed E-state index contributed by atoms with van der Waals surface area (Å²) in [5.41, 5.74) is 6.34. The molecule has 0 amide bonds. The molecular formula is C37H28F4. The Bertz CT molecular complexity index is 1710. The van der Waals surface area contributed by atoms with Crippen molar-refractivity contribution in [3.8, 4) is 33.4 Å². The number of rotatable bonds is 1. The maximum Gasteiger partial charge on any atom is 0.131 e. The van der Waals surface area contributed by atoms with E-state index in [9.17, 15) is 4.39 Å². The van der Waals surface area contributed by atoms with Crippen LogP contribution in [0.5, 0.6) is 0 Å². The van der Waals surface area contributed by atoms with Crippen molar-refractivity contribution < 1.29 is 17.6 Å². The van der Waals surface area contributed by atoms with Gasteiger partial charge in [-0.3, -0.25) is 0 Å². The van der Waals surface area contributed by atoms with Crippen molar-refractivity contribution in [2.24, 2.45) is 0 Å². The van der Waals surface area contributed by atoms with Crippen molar-refractivity contribution in [3.05, 3.63) is 155 Å². The summed E-state index contributed by atoms with van der Waals surface area (Å²) < 4.78 is 60.0. The molecule has 1 atom stereocenters. The topological polar surface area (TPSA) is 0 Å². The molecule has 0 aromatic heterocycles. The lowest BCUT2D eigenvalue weighted by atomic mass is 9.86. The van der Waals surface area contributed by atoms with Gasteiger partial charge in [0, 0.05) is 29.0 Å². The Labute approximate surface area is 237 Å². The predicted octanol–water partition coefficient (Wildman–Crippen LogP) is 11.0. The molecule has 4 heteroatoms. The van der Waals surface area contributed by atoms with Gasteiger partial charge in [-0.25, -0.2) is 17.6 Å². The molecule has 9 aliphatic rings. The third-order valence-corrected chi connectivity index (χ3v) is 7.87. The molecule has 1 unspecified atom stereocenters. The van der Waals surface area contributed by atoms with Crippen LogP contribution in [0, 0.1) is 11.6 Å². The molecule has 41 heavy (non-hydrogen) atoms. The van der Waals surface area contributed by atoms with Crippen molar-refractivity contribution in [3.63, 3.8) is 0 Å². The number of hydrogen-bond acceptors (Lipinski definition) is 0. The molecule has 0 saturated carbocycles. The van der Waals surface area contributed by atoms with Crippen LogP contribution in [0.15, 0.2) is 132 Å². The Balaban J connectivity index is 1.44. The number of allylic oxidation sites excluding steroid dienone is 8. The van der Waals surface area contributed by atoms with E-state index in [1.165, 1.54) is 25.1 Å². The molecule has 0 fully saturated rings. The van der Waals surface area contributed by atoms with Crippen molar-refractivity contribution in [1.82, 2.24) is 0 Å². The van der Waals surface area contributed by atoms with Crippen molar-refractivity contribution in [1.29, 1.82) is 0 Å². The lowest BCUT2D eigenvalue weighted by molar-refractivity contribution is 0.579. The minimum Gasteiger partial charge on any atom is -0.212 e. The predicted molar refractivity (Wildman–Crippen MR) is 159 cm³/mol. The van der Waals surface area contributed by atoms with Crippen LogP contribution in [0.25, 0.3) is 33.4 Å². The lowest BCUT2D eigenvalue weighted by Crippen LogP contribution is -2.01. The molecular weight excluding hydrogens is 520 g/mol. The first-order valence-corrected chi connectivity index (χ1v) is 13.8. The summed E-state index contributed by atoms with van der Waals surface area (Å²) in [7, 11) is 0. The Hall–Kier alpha value is -4.44. The third-order valence-electron chi connectivity index (χ3n) is 7.87. The number of halogens is 4. The average Bonchev–Trinajstić information content (AvgIpc) is 3.00. The lowest BCUT2D eigenvalue weighted by Gasteiger charge is -2.19. The summed E-state index contributed by atoms with van der Waals surface area (Å²) in [6.45, 7) is 1.32. The Morgan fingerprint density at radius 2 is 1.24 bits per heavy atom. The quantitative estimate of drug-likeness (QED) is 0.208. The normalized spacial score (nSPS) is 18.7. The highest BCUT2D eigenvalue weighted by atomic mass is 19.1.